The van der Waals surface area contributed by atoms with Crippen LogP contribution in [0.4, 0.5) is 5.69 Å². The van der Waals surface area contributed by atoms with Crippen LogP contribution in [0.25, 0.3) is 0 Å². The SMILES string of the molecule is Nc1cnc(Sc2ncco2)c(Cl)c1. The van der Waals surface area contributed by atoms with E-state index in [1.54, 1.807) is 12.3 Å². The van der Waals surface area contributed by atoms with Gasteiger partial charge in [0.1, 0.15) is 11.3 Å². The van der Waals surface area contributed by atoms with Gasteiger partial charge in [-0.1, -0.05) is 11.6 Å². The predicted octanol–water partition coefficient (Wildman–Crippen LogP) is 2.46. The molecule has 0 aliphatic heterocycles. The minimum absolute atomic E-state index is 0.494. The highest BCUT2D eigenvalue weighted by atomic mass is 35.5. The summed E-state index contributed by atoms with van der Waals surface area (Å²) in [7, 11) is 0. The van der Waals surface area contributed by atoms with Crippen LogP contribution in [0.15, 0.2) is 39.4 Å². The first-order valence-corrected chi connectivity index (χ1v) is 4.93. The number of aromatic nitrogens is 2. The van der Waals surface area contributed by atoms with Gasteiger partial charge >= 0.3 is 0 Å². The monoisotopic (exact) mass is 227 g/mol. The lowest BCUT2D eigenvalue weighted by molar-refractivity contribution is 0.454. The zero-order valence-corrected chi connectivity index (χ0v) is 8.55. The van der Waals surface area contributed by atoms with Crippen LogP contribution in [0.1, 0.15) is 0 Å². The van der Waals surface area contributed by atoms with Gasteiger partial charge in [0.2, 0.25) is 0 Å². The molecule has 14 heavy (non-hydrogen) atoms. The van der Waals surface area contributed by atoms with E-state index in [0.29, 0.717) is 21.0 Å². The van der Waals surface area contributed by atoms with Gasteiger partial charge in [-0.3, -0.25) is 0 Å². The van der Waals surface area contributed by atoms with E-state index < -0.39 is 0 Å². The summed E-state index contributed by atoms with van der Waals surface area (Å²) in [6, 6.07) is 1.64. The molecule has 2 rings (SSSR count). The molecule has 2 aromatic heterocycles. The second-order valence-electron chi connectivity index (χ2n) is 2.46. The molecule has 0 unspecified atom stereocenters. The number of nitrogens with zero attached hydrogens (tertiary/aromatic N) is 2. The van der Waals surface area contributed by atoms with Crippen molar-refractivity contribution in [1.82, 2.24) is 9.97 Å². The quantitative estimate of drug-likeness (QED) is 0.854. The van der Waals surface area contributed by atoms with E-state index in [2.05, 4.69) is 9.97 Å². The zero-order chi connectivity index (χ0) is 9.97. The molecule has 2 N–H and O–H groups in total. The Hall–Kier alpha value is -1.20. The van der Waals surface area contributed by atoms with Crippen LogP contribution in [-0.2, 0) is 0 Å². The zero-order valence-electron chi connectivity index (χ0n) is 6.98. The van der Waals surface area contributed by atoms with Gasteiger partial charge in [-0.15, -0.1) is 0 Å². The maximum atomic E-state index is 5.91. The molecule has 0 saturated heterocycles. The molecule has 0 aliphatic carbocycles. The number of hydrogen-bond donors (Lipinski definition) is 1. The Kier molecular flexibility index (Phi) is 2.60. The van der Waals surface area contributed by atoms with Crippen molar-refractivity contribution in [2.45, 2.75) is 10.2 Å². The van der Waals surface area contributed by atoms with Crippen LogP contribution in [0.2, 0.25) is 5.02 Å². The van der Waals surface area contributed by atoms with Crippen LogP contribution in [0, 0.1) is 0 Å². The Labute approximate surface area is 89.5 Å². The second-order valence-corrected chi connectivity index (χ2v) is 3.80. The third-order valence-electron chi connectivity index (χ3n) is 1.42. The first kappa shape index (κ1) is 9.36. The van der Waals surface area contributed by atoms with Gasteiger partial charge in [0.05, 0.1) is 23.1 Å². The number of pyridine rings is 1. The molecule has 2 heterocycles. The molecule has 0 atom stereocenters. The number of oxazole rings is 1. The molecule has 0 aliphatic rings. The standard InChI is InChI=1S/C8H6ClN3OS/c9-6-3-5(10)4-12-7(6)14-8-11-1-2-13-8/h1-4H,10H2. The van der Waals surface area contributed by atoms with Gasteiger partial charge in [-0.25, -0.2) is 9.97 Å². The average molecular weight is 228 g/mol. The molecule has 2 aromatic rings. The first-order chi connectivity index (χ1) is 6.75. The Balaban J connectivity index is 2.25. The van der Waals surface area contributed by atoms with Crippen molar-refractivity contribution in [2.24, 2.45) is 0 Å². The summed E-state index contributed by atoms with van der Waals surface area (Å²) in [6.45, 7) is 0. The van der Waals surface area contributed by atoms with E-state index in [0.717, 1.165) is 0 Å². The summed E-state index contributed by atoms with van der Waals surface area (Å²) in [6.07, 6.45) is 4.60. The summed E-state index contributed by atoms with van der Waals surface area (Å²) in [5.74, 6) is 0. The number of rotatable bonds is 2. The van der Waals surface area contributed by atoms with Crippen molar-refractivity contribution in [1.29, 1.82) is 0 Å². The number of nitrogen functional groups attached to an aromatic ring is 1. The lowest BCUT2D eigenvalue weighted by Gasteiger charge is -1.99. The fourth-order valence-electron chi connectivity index (χ4n) is 0.859. The molecule has 0 aromatic carbocycles. The van der Waals surface area contributed by atoms with E-state index in [1.165, 1.54) is 24.2 Å². The van der Waals surface area contributed by atoms with Crippen molar-refractivity contribution in [3.63, 3.8) is 0 Å². The van der Waals surface area contributed by atoms with Crippen LogP contribution >= 0.6 is 23.4 Å². The molecule has 0 radical (unpaired) electrons. The molecule has 72 valence electrons. The van der Waals surface area contributed by atoms with Crippen molar-refractivity contribution < 1.29 is 4.42 Å². The van der Waals surface area contributed by atoms with Gasteiger partial charge in [-0.05, 0) is 17.8 Å². The number of halogens is 1. The minimum atomic E-state index is 0.494. The van der Waals surface area contributed by atoms with Crippen molar-refractivity contribution in [3.05, 3.63) is 29.7 Å². The highest BCUT2D eigenvalue weighted by molar-refractivity contribution is 7.99. The third-order valence-corrected chi connectivity index (χ3v) is 2.72. The lowest BCUT2D eigenvalue weighted by Crippen LogP contribution is -1.88. The van der Waals surface area contributed by atoms with E-state index >= 15 is 0 Å². The van der Waals surface area contributed by atoms with Crippen molar-refractivity contribution in [2.75, 3.05) is 5.73 Å². The molecule has 0 amide bonds. The van der Waals surface area contributed by atoms with E-state index in [9.17, 15) is 0 Å². The Morgan fingerprint density at radius 1 is 1.43 bits per heavy atom. The van der Waals surface area contributed by atoms with Crippen LogP contribution in [0.5, 0.6) is 0 Å². The summed E-state index contributed by atoms with van der Waals surface area (Å²) in [4.78, 5) is 8.00. The molecule has 0 fully saturated rings. The van der Waals surface area contributed by atoms with E-state index in [4.69, 9.17) is 21.8 Å². The largest absolute Gasteiger partial charge is 0.440 e. The maximum absolute atomic E-state index is 5.91. The molecule has 4 nitrogen and oxygen atoms in total. The first-order valence-electron chi connectivity index (χ1n) is 3.74. The van der Waals surface area contributed by atoms with Crippen LogP contribution < -0.4 is 5.73 Å². The summed E-state index contributed by atoms with van der Waals surface area (Å²) in [5, 5.41) is 1.63. The normalized spacial score (nSPS) is 10.4. The predicted molar refractivity (Wildman–Crippen MR) is 54.3 cm³/mol. The third kappa shape index (κ3) is 2.00. The lowest BCUT2D eigenvalue weighted by atomic mass is 10.4. The van der Waals surface area contributed by atoms with Crippen molar-refractivity contribution >= 4 is 29.1 Å². The van der Waals surface area contributed by atoms with Crippen LogP contribution in [-0.4, -0.2) is 9.97 Å². The van der Waals surface area contributed by atoms with Crippen LogP contribution in [0.3, 0.4) is 0 Å². The Bertz CT molecular complexity index is 432. The highest BCUT2D eigenvalue weighted by Gasteiger charge is 2.07. The highest BCUT2D eigenvalue weighted by Crippen LogP contribution is 2.30. The van der Waals surface area contributed by atoms with Gasteiger partial charge in [-0.2, -0.15) is 0 Å². The average Bonchev–Trinajstić information content (AvgIpc) is 2.62. The van der Waals surface area contributed by atoms with Gasteiger partial charge in [0.15, 0.2) is 0 Å². The number of hydrogen-bond acceptors (Lipinski definition) is 5. The van der Waals surface area contributed by atoms with Gasteiger partial charge < -0.3 is 10.2 Å². The molecule has 0 spiro atoms. The smallest absolute Gasteiger partial charge is 0.262 e. The maximum Gasteiger partial charge on any atom is 0.262 e. The number of nitrogens with two attached hydrogens (primary N) is 1. The van der Waals surface area contributed by atoms with Gasteiger partial charge in [0, 0.05) is 0 Å². The Morgan fingerprint density at radius 2 is 2.29 bits per heavy atom. The van der Waals surface area contributed by atoms with Gasteiger partial charge in [0.25, 0.3) is 5.22 Å². The molecular formula is C8H6ClN3OS. The fourth-order valence-corrected chi connectivity index (χ4v) is 1.79. The molecule has 0 saturated carbocycles. The summed E-state index contributed by atoms with van der Waals surface area (Å²) >= 11 is 7.17. The molecule has 6 heteroatoms. The summed E-state index contributed by atoms with van der Waals surface area (Å²) < 4.78 is 5.04. The van der Waals surface area contributed by atoms with E-state index in [1.807, 2.05) is 0 Å². The molecular weight excluding hydrogens is 222 g/mol. The van der Waals surface area contributed by atoms with E-state index in [-0.39, 0.29) is 0 Å². The molecule has 0 bridgehead atoms. The Morgan fingerprint density at radius 3 is 2.93 bits per heavy atom. The topological polar surface area (TPSA) is 64.9 Å². The summed E-state index contributed by atoms with van der Waals surface area (Å²) in [5.41, 5.74) is 6.04. The van der Waals surface area contributed by atoms with Crippen molar-refractivity contribution in [3.8, 4) is 0 Å². The minimum Gasteiger partial charge on any atom is -0.440 e. The number of anilines is 1. The second kappa shape index (κ2) is 3.89. The fraction of sp³-hybridized carbons (Fsp3) is 0.